The molecule has 0 aliphatic carbocycles. The number of likely N-dealkylation sites (tertiary alicyclic amines) is 1. The van der Waals surface area contributed by atoms with Crippen LogP contribution >= 0.6 is 11.5 Å². The predicted octanol–water partition coefficient (Wildman–Crippen LogP) is 2.68. The third kappa shape index (κ3) is 4.96. The molecule has 2 N–H and O–H groups in total. The van der Waals surface area contributed by atoms with Gasteiger partial charge in [0.05, 0.1) is 6.10 Å². The maximum absolute atomic E-state index is 13.1. The van der Waals surface area contributed by atoms with Crippen LogP contribution in [0.1, 0.15) is 31.7 Å². The lowest BCUT2D eigenvalue weighted by Gasteiger charge is -2.25. The Bertz CT molecular complexity index is 689. The number of nitrogens with zero attached hydrogens (tertiary/aromatic N) is 3. The van der Waals surface area contributed by atoms with Gasteiger partial charge in [0.1, 0.15) is 11.6 Å². The molecule has 7 heteroatoms. The van der Waals surface area contributed by atoms with Gasteiger partial charge in [-0.05, 0) is 24.1 Å². The molecule has 3 rings (SSSR count). The number of hydrogen-bond acceptors (Lipinski definition) is 6. The van der Waals surface area contributed by atoms with Gasteiger partial charge in [0.2, 0.25) is 5.13 Å². The molecule has 1 aromatic heterocycles. The summed E-state index contributed by atoms with van der Waals surface area (Å²) in [6.45, 7) is 7.52. The Hall–Kier alpha value is -1.57. The Morgan fingerprint density at radius 1 is 1.36 bits per heavy atom. The summed E-state index contributed by atoms with van der Waals surface area (Å²) in [4.78, 5) is 6.79. The van der Waals surface area contributed by atoms with Crippen molar-refractivity contribution in [1.29, 1.82) is 0 Å². The van der Waals surface area contributed by atoms with Crippen LogP contribution in [0.3, 0.4) is 0 Å². The number of aliphatic hydroxyl groups is 1. The zero-order chi connectivity index (χ0) is 17.9. The number of aromatic nitrogens is 2. The van der Waals surface area contributed by atoms with Gasteiger partial charge in [0, 0.05) is 49.5 Å². The summed E-state index contributed by atoms with van der Waals surface area (Å²) in [6, 6.07) is 6.64. The number of nitrogens with one attached hydrogen (secondary N) is 1. The van der Waals surface area contributed by atoms with E-state index in [1.807, 2.05) is 12.1 Å². The molecule has 2 aromatic rings. The third-order valence-electron chi connectivity index (χ3n) is 4.67. The molecule has 0 bridgehead atoms. The zero-order valence-corrected chi connectivity index (χ0v) is 15.5. The van der Waals surface area contributed by atoms with E-state index in [0.29, 0.717) is 6.54 Å². The van der Waals surface area contributed by atoms with Gasteiger partial charge in [0.25, 0.3) is 0 Å². The van der Waals surface area contributed by atoms with Crippen LogP contribution in [-0.4, -0.2) is 51.6 Å². The Morgan fingerprint density at radius 2 is 2.12 bits per heavy atom. The van der Waals surface area contributed by atoms with Gasteiger partial charge in [-0.1, -0.05) is 26.0 Å². The summed E-state index contributed by atoms with van der Waals surface area (Å²) in [5.74, 6) is 0.625. The third-order valence-corrected chi connectivity index (χ3v) is 5.39. The lowest BCUT2D eigenvalue weighted by atomic mass is 9.85. The minimum atomic E-state index is -0.216. The quantitative estimate of drug-likeness (QED) is 0.791. The molecule has 0 unspecified atom stereocenters. The second kappa shape index (κ2) is 7.76. The fourth-order valence-electron chi connectivity index (χ4n) is 3.00. The molecule has 25 heavy (non-hydrogen) atoms. The first kappa shape index (κ1) is 18.2. The van der Waals surface area contributed by atoms with Crippen LogP contribution in [-0.2, 0) is 11.8 Å². The van der Waals surface area contributed by atoms with Gasteiger partial charge in [-0.3, -0.25) is 0 Å². The van der Waals surface area contributed by atoms with Crippen LogP contribution in [0.15, 0.2) is 24.3 Å². The van der Waals surface area contributed by atoms with E-state index < -0.39 is 0 Å². The van der Waals surface area contributed by atoms with Gasteiger partial charge >= 0.3 is 0 Å². The average molecular weight is 364 g/mol. The largest absolute Gasteiger partial charge is 0.392 e. The molecule has 1 atom stereocenters. The predicted molar refractivity (Wildman–Crippen MR) is 98.6 cm³/mol. The van der Waals surface area contributed by atoms with Gasteiger partial charge in [-0.2, -0.15) is 4.37 Å². The second-order valence-corrected chi connectivity index (χ2v) is 8.01. The molecule has 0 saturated carbocycles. The van der Waals surface area contributed by atoms with E-state index in [1.54, 1.807) is 0 Å². The Balaban J connectivity index is 1.50. The molecule has 0 spiro atoms. The summed E-state index contributed by atoms with van der Waals surface area (Å²) >= 11 is 1.37. The van der Waals surface area contributed by atoms with E-state index in [4.69, 9.17) is 0 Å². The maximum Gasteiger partial charge on any atom is 0.202 e. The fraction of sp³-hybridized carbons (Fsp3) is 0.556. The number of aliphatic hydroxyl groups excluding tert-OH is 1. The molecule has 0 radical (unpaired) electrons. The van der Waals surface area contributed by atoms with Gasteiger partial charge in [-0.25, -0.2) is 9.37 Å². The number of rotatable bonds is 7. The standard InChI is InChI=1S/C18H25FN4OS/c1-18(2,13-3-5-14(19)6-4-13)12-20-17-21-16(22-25-17)8-10-23-9-7-15(24)11-23/h3-6,15,24H,7-12H2,1-2H3,(H,20,21,22)/t15-/m0/s1. The zero-order valence-electron chi connectivity index (χ0n) is 14.7. The van der Waals surface area contributed by atoms with E-state index >= 15 is 0 Å². The first-order chi connectivity index (χ1) is 11.9. The molecule has 1 aromatic carbocycles. The van der Waals surface area contributed by atoms with Crippen LogP contribution in [0.5, 0.6) is 0 Å². The fourth-order valence-corrected chi connectivity index (χ4v) is 3.61. The lowest BCUT2D eigenvalue weighted by Crippen LogP contribution is -2.27. The van der Waals surface area contributed by atoms with Crippen molar-refractivity contribution in [1.82, 2.24) is 14.3 Å². The van der Waals surface area contributed by atoms with Crippen LogP contribution in [0.2, 0.25) is 0 Å². The van der Waals surface area contributed by atoms with Crippen molar-refractivity contribution in [3.8, 4) is 0 Å². The Morgan fingerprint density at radius 3 is 2.80 bits per heavy atom. The van der Waals surface area contributed by atoms with E-state index in [9.17, 15) is 9.50 Å². The highest BCUT2D eigenvalue weighted by Crippen LogP contribution is 2.24. The van der Waals surface area contributed by atoms with Crippen molar-refractivity contribution in [2.45, 2.75) is 38.2 Å². The van der Waals surface area contributed by atoms with Crippen LogP contribution in [0.4, 0.5) is 9.52 Å². The van der Waals surface area contributed by atoms with Crippen molar-refractivity contribution in [3.05, 3.63) is 41.5 Å². The highest BCUT2D eigenvalue weighted by molar-refractivity contribution is 7.09. The molecule has 1 saturated heterocycles. The number of benzene rings is 1. The summed E-state index contributed by atoms with van der Waals surface area (Å²) in [5.41, 5.74) is 0.948. The number of halogens is 1. The van der Waals surface area contributed by atoms with Crippen LogP contribution in [0, 0.1) is 5.82 Å². The minimum Gasteiger partial charge on any atom is -0.392 e. The highest BCUT2D eigenvalue weighted by Gasteiger charge is 2.22. The molecular formula is C18H25FN4OS. The summed E-state index contributed by atoms with van der Waals surface area (Å²) in [5, 5.41) is 13.7. The minimum absolute atomic E-state index is 0.134. The van der Waals surface area contributed by atoms with Crippen LogP contribution in [0.25, 0.3) is 0 Å². The number of anilines is 1. The smallest absolute Gasteiger partial charge is 0.202 e. The molecule has 2 heterocycles. The van der Waals surface area contributed by atoms with E-state index in [2.05, 4.69) is 33.4 Å². The molecular weight excluding hydrogens is 339 g/mol. The van der Waals surface area contributed by atoms with Gasteiger partial charge < -0.3 is 15.3 Å². The number of hydrogen-bond donors (Lipinski definition) is 2. The average Bonchev–Trinajstić information content (AvgIpc) is 3.20. The number of β-amino-alcohol motifs (C(OH)–C–C–N with tert-alkyl or cyclic N) is 1. The first-order valence-corrected chi connectivity index (χ1v) is 9.43. The normalized spacial score (nSPS) is 18.6. The molecule has 1 fully saturated rings. The molecule has 0 amide bonds. The molecule has 1 aliphatic heterocycles. The summed E-state index contributed by atoms with van der Waals surface area (Å²) in [7, 11) is 0. The van der Waals surface area contributed by atoms with Gasteiger partial charge in [-0.15, -0.1) is 0 Å². The molecule has 5 nitrogen and oxygen atoms in total. The van der Waals surface area contributed by atoms with Gasteiger partial charge in [0.15, 0.2) is 0 Å². The SMILES string of the molecule is CC(C)(CNc1nc(CCN2CC[C@H](O)C2)ns1)c1ccc(F)cc1. The van der Waals surface area contributed by atoms with E-state index in [0.717, 1.165) is 49.0 Å². The Kier molecular flexibility index (Phi) is 5.66. The highest BCUT2D eigenvalue weighted by atomic mass is 32.1. The van der Waals surface area contributed by atoms with Crippen molar-refractivity contribution < 1.29 is 9.50 Å². The molecule has 1 aliphatic rings. The van der Waals surface area contributed by atoms with Crippen LogP contribution < -0.4 is 5.32 Å². The van der Waals surface area contributed by atoms with Crippen molar-refractivity contribution in [3.63, 3.8) is 0 Å². The lowest BCUT2D eigenvalue weighted by molar-refractivity contribution is 0.176. The Labute approximate surface area is 152 Å². The topological polar surface area (TPSA) is 61.3 Å². The second-order valence-electron chi connectivity index (χ2n) is 7.25. The summed E-state index contributed by atoms with van der Waals surface area (Å²) < 4.78 is 17.5. The summed E-state index contributed by atoms with van der Waals surface area (Å²) in [6.07, 6.45) is 1.47. The van der Waals surface area contributed by atoms with E-state index in [1.165, 1.54) is 23.7 Å². The van der Waals surface area contributed by atoms with Crippen molar-refractivity contribution in [2.24, 2.45) is 0 Å². The van der Waals surface area contributed by atoms with E-state index in [-0.39, 0.29) is 17.3 Å². The van der Waals surface area contributed by atoms with Crippen molar-refractivity contribution >= 4 is 16.7 Å². The molecule has 136 valence electrons. The monoisotopic (exact) mass is 364 g/mol. The van der Waals surface area contributed by atoms with Crippen molar-refractivity contribution in [2.75, 3.05) is 31.5 Å². The first-order valence-electron chi connectivity index (χ1n) is 8.65. The maximum atomic E-state index is 13.1.